The molecule has 0 saturated heterocycles. The van der Waals surface area contributed by atoms with E-state index in [1.807, 2.05) is 0 Å². The summed E-state index contributed by atoms with van der Waals surface area (Å²) in [6, 6.07) is 2.86. The van der Waals surface area contributed by atoms with Gasteiger partial charge in [0.05, 0.1) is 22.8 Å². The molecule has 0 bridgehead atoms. The molecule has 1 aromatic rings. The van der Waals surface area contributed by atoms with Crippen molar-refractivity contribution in [2.45, 2.75) is 18.2 Å². The molecule has 0 unspecified atom stereocenters. The molecular formula is C9H11NO4S. The summed E-state index contributed by atoms with van der Waals surface area (Å²) in [5.41, 5.74) is 0.0897. The van der Waals surface area contributed by atoms with Crippen LogP contribution in [-0.4, -0.2) is 30.2 Å². The van der Waals surface area contributed by atoms with Gasteiger partial charge in [-0.25, -0.2) is 8.42 Å². The summed E-state index contributed by atoms with van der Waals surface area (Å²) in [6.07, 6.45) is 1.00. The summed E-state index contributed by atoms with van der Waals surface area (Å²) in [5, 5.41) is 8.59. The van der Waals surface area contributed by atoms with E-state index in [0.29, 0.717) is 0 Å². The summed E-state index contributed by atoms with van der Waals surface area (Å²) in [4.78, 5) is 14.3. The van der Waals surface area contributed by atoms with E-state index in [1.165, 1.54) is 25.3 Å². The van der Waals surface area contributed by atoms with E-state index in [1.54, 1.807) is 0 Å². The van der Waals surface area contributed by atoms with Gasteiger partial charge in [-0.05, 0) is 12.1 Å². The summed E-state index contributed by atoms with van der Waals surface area (Å²) in [6.45, 7) is 1.51. The maximum absolute atomic E-state index is 11.6. The fourth-order valence-electron chi connectivity index (χ4n) is 1.14. The van der Waals surface area contributed by atoms with Gasteiger partial charge < -0.3 is 5.11 Å². The molecule has 1 rings (SSSR count). The molecule has 0 radical (unpaired) electrons. The minimum Gasteiger partial charge on any atom is -0.481 e. The van der Waals surface area contributed by atoms with E-state index < -0.39 is 15.8 Å². The zero-order chi connectivity index (χ0) is 11.5. The number of hydrogen-bond donors (Lipinski definition) is 1. The third-order valence-electron chi connectivity index (χ3n) is 1.88. The standard InChI is InChI=1S/C9H11NO4S/c1-2-15(13,14)8-4-3-5-10-7(8)6-9(11)12/h3-5H,2,6H2,1H3,(H,11,12). The van der Waals surface area contributed by atoms with E-state index >= 15 is 0 Å². The van der Waals surface area contributed by atoms with E-state index in [4.69, 9.17) is 5.11 Å². The van der Waals surface area contributed by atoms with Crippen LogP contribution < -0.4 is 0 Å². The van der Waals surface area contributed by atoms with Crippen molar-refractivity contribution >= 4 is 15.8 Å². The number of carboxylic acids is 1. The van der Waals surface area contributed by atoms with Crippen molar-refractivity contribution < 1.29 is 18.3 Å². The number of rotatable bonds is 4. The van der Waals surface area contributed by atoms with Crippen LogP contribution >= 0.6 is 0 Å². The van der Waals surface area contributed by atoms with Gasteiger partial charge >= 0.3 is 5.97 Å². The van der Waals surface area contributed by atoms with Gasteiger partial charge in [-0.2, -0.15) is 0 Å². The van der Waals surface area contributed by atoms with Crippen LogP contribution in [0.3, 0.4) is 0 Å². The maximum atomic E-state index is 11.6. The SMILES string of the molecule is CCS(=O)(=O)c1cccnc1CC(=O)O. The predicted molar refractivity (Wildman–Crippen MR) is 53.3 cm³/mol. The quantitative estimate of drug-likeness (QED) is 0.812. The van der Waals surface area contributed by atoms with Crippen molar-refractivity contribution in [2.75, 3.05) is 5.75 Å². The second kappa shape index (κ2) is 4.39. The highest BCUT2D eigenvalue weighted by Crippen LogP contribution is 2.15. The zero-order valence-corrected chi connectivity index (χ0v) is 8.99. The lowest BCUT2D eigenvalue weighted by molar-refractivity contribution is -0.136. The molecule has 0 fully saturated rings. The lowest BCUT2D eigenvalue weighted by Gasteiger charge is -2.05. The van der Waals surface area contributed by atoms with Crippen molar-refractivity contribution in [1.82, 2.24) is 4.98 Å². The van der Waals surface area contributed by atoms with E-state index in [9.17, 15) is 13.2 Å². The monoisotopic (exact) mass is 229 g/mol. The van der Waals surface area contributed by atoms with Gasteiger partial charge in [0.1, 0.15) is 0 Å². The molecule has 1 N–H and O–H groups in total. The Morgan fingerprint density at radius 3 is 2.73 bits per heavy atom. The Morgan fingerprint density at radius 1 is 1.53 bits per heavy atom. The fraction of sp³-hybridized carbons (Fsp3) is 0.333. The van der Waals surface area contributed by atoms with Gasteiger partial charge in [0.2, 0.25) is 0 Å². The molecule has 0 aromatic carbocycles. The molecule has 1 heterocycles. The number of nitrogens with zero attached hydrogens (tertiary/aromatic N) is 1. The summed E-state index contributed by atoms with van der Waals surface area (Å²) in [7, 11) is -3.40. The van der Waals surface area contributed by atoms with Crippen LogP contribution in [0, 0.1) is 0 Å². The Morgan fingerprint density at radius 2 is 2.20 bits per heavy atom. The molecule has 1 aromatic heterocycles. The summed E-state index contributed by atoms with van der Waals surface area (Å²) in [5.74, 6) is -1.16. The average molecular weight is 229 g/mol. The Hall–Kier alpha value is -1.43. The molecule has 0 spiro atoms. The van der Waals surface area contributed by atoms with Gasteiger partial charge in [-0.15, -0.1) is 0 Å². The summed E-state index contributed by atoms with van der Waals surface area (Å²) >= 11 is 0. The normalized spacial score (nSPS) is 11.3. The predicted octanol–water partition coefficient (Wildman–Crippen LogP) is 0.502. The first kappa shape index (κ1) is 11.6. The Balaban J connectivity index is 3.24. The highest BCUT2D eigenvalue weighted by Gasteiger charge is 2.18. The first-order valence-electron chi connectivity index (χ1n) is 4.36. The zero-order valence-electron chi connectivity index (χ0n) is 8.17. The number of sulfone groups is 1. The van der Waals surface area contributed by atoms with Crippen LogP contribution in [0.15, 0.2) is 23.2 Å². The van der Waals surface area contributed by atoms with E-state index in [-0.39, 0.29) is 22.8 Å². The van der Waals surface area contributed by atoms with E-state index in [2.05, 4.69) is 4.98 Å². The maximum Gasteiger partial charge on any atom is 0.309 e. The van der Waals surface area contributed by atoms with Gasteiger partial charge in [-0.3, -0.25) is 9.78 Å². The van der Waals surface area contributed by atoms with Crippen LogP contribution in [0.5, 0.6) is 0 Å². The lowest BCUT2D eigenvalue weighted by atomic mass is 10.3. The molecule has 0 aliphatic heterocycles. The molecule has 5 nitrogen and oxygen atoms in total. The van der Waals surface area contributed by atoms with Crippen molar-refractivity contribution in [3.8, 4) is 0 Å². The topological polar surface area (TPSA) is 84.3 Å². The van der Waals surface area contributed by atoms with Gasteiger partial charge in [0, 0.05) is 6.20 Å². The number of pyridine rings is 1. The molecule has 0 saturated carbocycles. The van der Waals surface area contributed by atoms with Crippen LogP contribution in [0.4, 0.5) is 0 Å². The molecule has 0 amide bonds. The molecule has 0 aliphatic carbocycles. The molecule has 15 heavy (non-hydrogen) atoms. The first-order valence-corrected chi connectivity index (χ1v) is 6.01. The van der Waals surface area contributed by atoms with Gasteiger partial charge in [0.25, 0.3) is 0 Å². The first-order chi connectivity index (χ1) is 6.97. The Kier molecular flexibility index (Phi) is 3.41. The Labute approximate surface area is 87.7 Å². The van der Waals surface area contributed by atoms with Crippen LogP contribution in [0.25, 0.3) is 0 Å². The molecule has 0 atom stereocenters. The minimum absolute atomic E-state index is 0.00917. The van der Waals surface area contributed by atoms with Crippen molar-refractivity contribution in [2.24, 2.45) is 0 Å². The number of hydrogen-bond acceptors (Lipinski definition) is 4. The smallest absolute Gasteiger partial charge is 0.309 e. The van der Waals surface area contributed by atoms with E-state index in [0.717, 1.165) is 0 Å². The second-order valence-electron chi connectivity index (χ2n) is 2.92. The molecular weight excluding hydrogens is 218 g/mol. The number of carbonyl (C=O) groups is 1. The number of carboxylic acid groups (broad SMARTS) is 1. The lowest BCUT2D eigenvalue weighted by Crippen LogP contribution is -2.11. The summed E-state index contributed by atoms with van der Waals surface area (Å²) < 4.78 is 23.1. The van der Waals surface area contributed by atoms with Crippen LogP contribution in [0.1, 0.15) is 12.6 Å². The number of aromatic nitrogens is 1. The number of aliphatic carboxylic acids is 1. The highest BCUT2D eigenvalue weighted by molar-refractivity contribution is 7.91. The van der Waals surface area contributed by atoms with Crippen molar-refractivity contribution in [1.29, 1.82) is 0 Å². The van der Waals surface area contributed by atoms with Crippen LogP contribution in [0.2, 0.25) is 0 Å². The highest BCUT2D eigenvalue weighted by atomic mass is 32.2. The Bertz CT molecular complexity index is 467. The average Bonchev–Trinajstić information content (AvgIpc) is 2.17. The van der Waals surface area contributed by atoms with Crippen molar-refractivity contribution in [3.63, 3.8) is 0 Å². The molecule has 6 heteroatoms. The molecule has 82 valence electrons. The minimum atomic E-state index is -3.40. The van der Waals surface area contributed by atoms with Crippen molar-refractivity contribution in [3.05, 3.63) is 24.0 Å². The third-order valence-corrected chi connectivity index (χ3v) is 3.68. The molecule has 0 aliphatic rings. The van der Waals surface area contributed by atoms with Gasteiger partial charge in [-0.1, -0.05) is 6.92 Å². The fourth-order valence-corrected chi connectivity index (χ4v) is 2.22. The second-order valence-corrected chi connectivity index (χ2v) is 5.17. The van der Waals surface area contributed by atoms with Gasteiger partial charge in [0.15, 0.2) is 9.84 Å². The van der Waals surface area contributed by atoms with Crippen LogP contribution in [-0.2, 0) is 21.1 Å². The largest absolute Gasteiger partial charge is 0.481 e. The third kappa shape index (κ3) is 2.76.